The lowest BCUT2D eigenvalue weighted by Crippen LogP contribution is -2.48. The summed E-state index contributed by atoms with van der Waals surface area (Å²) in [6.45, 7) is 6.18. The number of likely N-dealkylation sites (N-methyl/N-ethyl adjacent to an activating group) is 1. The Balaban J connectivity index is 1.40. The summed E-state index contributed by atoms with van der Waals surface area (Å²) in [7, 11) is -2.29. The molecule has 1 heterocycles. The van der Waals surface area contributed by atoms with Crippen molar-refractivity contribution < 1.29 is 32.6 Å². The summed E-state index contributed by atoms with van der Waals surface area (Å²) in [6, 6.07) is 23.1. The Kier molecular flexibility index (Phi) is 13.0. The van der Waals surface area contributed by atoms with Crippen molar-refractivity contribution in [2.24, 2.45) is 5.92 Å². The van der Waals surface area contributed by atoms with E-state index in [2.05, 4.69) is 10.0 Å². The molecule has 1 aliphatic rings. The predicted octanol–water partition coefficient (Wildman–Crippen LogP) is 7.25. The van der Waals surface area contributed by atoms with Crippen LogP contribution in [0.1, 0.15) is 50.4 Å². The van der Waals surface area contributed by atoms with E-state index in [1.165, 1.54) is 30.3 Å². The normalized spacial score (nSPS) is 19.5. The molecule has 278 valence electrons. The van der Waals surface area contributed by atoms with E-state index in [-0.39, 0.29) is 53.9 Å². The van der Waals surface area contributed by atoms with Gasteiger partial charge in [0.2, 0.25) is 0 Å². The second-order valence-electron chi connectivity index (χ2n) is 13.4. The molecular formula is C39H47ClN4O7S. The number of halogens is 1. The Morgan fingerprint density at radius 3 is 2.52 bits per heavy atom. The van der Waals surface area contributed by atoms with Gasteiger partial charge in [0.15, 0.2) is 0 Å². The molecule has 0 aliphatic carbocycles. The summed E-state index contributed by atoms with van der Waals surface area (Å²) in [5.74, 6) is -0.408. The summed E-state index contributed by atoms with van der Waals surface area (Å²) in [5.41, 5.74) is 1.02. The molecule has 13 heteroatoms. The fourth-order valence-corrected chi connectivity index (χ4v) is 7.35. The molecule has 0 spiro atoms. The van der Waals surface area contributed by atoms with Gasteiger partial charge in [0.25, 0.3) is 15.9 Å². The third kappa shape index (κ3) is 9.74. The molecule has 3 amide bonds. The van der Waals surface area contributed by atoms with Crippen molar-refractivity contribution in [3.63, 3.8) is 0 Å². The van der Waals surface area contributed by atoms with Gasteiger partial charge in [-0.2, -0.15) is 0 Å². The average molecular weight is 751 g/mol. The standard InChI is InChI=1S/C39H47ClN4O7S/c1-26-23-44(27(2)25-45)38(46)34-22-31(42-52(48,49)32-18-15-30(40)16-19-32)17-20-36(34)51-28(3)10-7-8-21-50-37(26)24-43(4)39(47)41-35-14-9-12-29-11-5-6-13-33(29)35/h5-6,9,11-20,22,26-28,37,42,45H,7-8,10,21,23-25H2,1-4H3,(H,41,47)/t26-,27+,28+,37-/m1/s1. The first-order chi connectivity index (χ1) is 24.9. The van der Waals surface area contributed by atoms with Gasteiger partial charge < -0.3 is 29.7 Å². The smallest absolute Gasteiger partial charge is 0.321 e. The molecule has 5 rings (SSSR count). The third-order valence-corrected chi connectivity index (χ3v) is 10.9. The molecule has 4 atom stereocenters. The minimum atomic E-state index is -4.00. The van der Waals surface area contributed by atoms with Gasteiger partial charge in [0.1, 0.15) is 5.75 Å². The summed E-state index contributed by atoms with van der Waals surface area (Å²) >= 11 is 5.96. The molecule has 0 saturated carbocycles. The van der Waals surface area contributed by atoms with Crippen LogP contribution in [0.15, 0.2) is 89.8 Å². The number of anilines is 2. The molecule has 4 aromatic rings. The maximum absolute atomic E-state index is 14.5. The number of ether oxygens (including phenoxy) is 2. The highest BCUT2D eigenvalue weighted by Crippen LogP contribution is 2.30. The number of sulfonamides is 1. The number of aliphatic hydroxyl groups is 1. The van der Waals surface area contributed by atoms with Crippen LogP contribution in [0.25, 0.3) is 10.8 Å². The maximum Gasteiger partial charge on any atom is 0.321 e. The molecule has 0 bridgehead atoms. The number of aliphatic hydroxyl groups excluding tert-OH is 1. The monoisotopic (exact) mass is 750 g/mol. The SMILES string of the molecule is C[C@@H]1CN([C@@H](C)CO)C(=O)c2cc(NS(=O)(=O)c3ccc(Cl)cc3)ccc2O[C@@H](C)CCCCO[C@@H]1CN(C)C(=O)Nc1cccc2ccccc12. The summed E-state index contributed by atoms with van der Waals surface area (Å²) < 4.78 is 41.7. The lowest BCUT2D eigenvalue weighted by Gasteiger charge is -2.35. The molecule has 0 saturated heterocycles. The first-order valence-corrected chi connectivity index (χ1v) is 19.3. The highest BCUT2D eigenvalue weighted by molar-refractivity contribution is 7.92. The van der Waals surface area contributed by atoms with Crippen LogP contribution in [0.2, 0.25) is 5.02 Å². The van der Waals surface area contributed by atoms with Gasteiger partial charge in [-0.05, 0) is 87.0 Å². The van der Waals surface area contributed by atoms with E-state index in [0.717, 1.165) is 23.6 Å². The Labute approximate surface area is 310 Å². The van der Waals surface area contributed by atoms with Crippen molar-refractivity contribution >= 4 is 55.7 Å². The Morgan fingerprint density at radius 1 is 1.04 bits per heavy atom. The highest BCUT2D eigenvalue weighted by atomic mass is 35.5. The molecule has 1 aliphatic heterocycles. The lowest BCUT2D eigenvalue weighted by molar-refractivity contribution is -0.0115. The molecule has 0 radical (unpaired) electrons. The van der Waals surface area contributed by atoms with Crippen LogP contribution in [-0.4, -0.2) is 86.9 Å². The zero-order chi connectivity index (χ0) is 37.4. The van der Waals surface area contributed by atoms with E-state index in [4.69, 9.17) is 21.1 Å². The van der Waals surface area contributed by atoms with Gasteiger partial charge >= 0.3 is 6.03 Å². The number of fused-ring (bicyclic) bond motifs is 2. The molecule has 4 aromatic carbocycles. The van der Waals surface area contributed by atoms with E-state index in [1.807, 2.05) is 56.3 Å². The van der Waals surface area contributed by atoms with Crippen LogP contribution in [-0.2, 0) is 14.8 Å². The van der Waals surface area contributed by atoms with E-state index >= 15 is 0 Å². The molecular weight excluding hydrogens is 704 g/mol. The van der Waals surface area contributed by atoms with Crippen LogP contribution in [0.4, 0.5) is 16.2 Å². The van der Waals surface area contributed by atoms with Crippen molar-refractivity contribution in [1.82, 2.24) is 9.80 Å². The maximum atomic E-state index is 14.5. The summed E-state index contributed by atoms with van der Waals surface area (Å²) in [6.07, 6.45) is 1.55. The fraction of sp³-hybridized carbons (Fsp3) is 0.385. The minimum absolute atomic E-state index is 0.0133. The number of nitrogens with zero attached hydrogens (tertiary/aromatic N) is 2. The van der Waals surface area contributed by atoms with E-state index < -0.39 is 28.1 Å². The van der Waals surface area contributed by atoms with Crippen LogP contribution >= 0.6 is 11.6 Å². The molecule has 52 heavy (non-hydrogen) atoms. The Morgan fingerprint density at radius 2 is 1.77 bits per heavy atom. The highest BCUT2D eigenvalue weighted by Gasteiger charge is 2.31. The Hall–Kier alpha value is -4.36. The van der Waals surface area contributed by atoms with Gasteiger partial charge in [0, 0.05) is 48.8 Å². The number of carbonyl (C=O) groups is 2. The van der Waals surface area contributed by atoms with Crippen molar-refractivity contribution in [3.8, 4) is 5.75 Å². The van der Waals surface area contributed by atoms with Crippen molar-refractivity contribution in [1.29, 1.82) is 0 Å². The summed E-state index contributed by atoms with van der Waals surface area (Å²) in [4.78, 5) is 31.1. The zero-order valence-corrected chi connectivity index (χ0v) is 31.5. The molecule has 3 N–H and O–H groups in total. The van der Waals surface area contributed by atoms with Crippen LogP contribution < -0.4 is 14.8 Å². The second-order valence-corrected chi connectivity index (χ2v) is 15.5. The zero-order valence-electron chi connectivity index (χ0n) is 29.9. The van der Waals surface area contributed by atoms with Crippen molar-refractivity contribution in [2.75, 3.05) is 43.4 Å². The molecule has 0 fully saturated rings. The third-order valence-electron chi connectivity index (χ3n) is 9.26. The quantitative estimate of drug-likeness (QED) is 0.173. The minimum Gasteiger partial charge on any atom is -0.490 e. The molecule has 11 nitrogen and oxygen atoms in total. The number of amides is 3. The number of nitrogens with one attached hydrogen (secondary N) is 2. The van der Waals surface area contributed by atoms with Gasteiger partial charge in [-0.3, -0.25) is 9.52 Å². The fourth-order valence-electron chi connectivity index (χ4n) is 6.17. The van der Waals surface area contributed by atoms with Crippen molar-refractivity contribution in [3.05, 3.63) is 95.5 Å². The first kappa shape index (κ1) is 38.9. The van der Waals surface area contributed by atoms with Crippen molar-refractivity contribution in [2.45, 2.75) is 63.2 Å². The Bertz CT molecular complexity index is 1950. The number of benzene rings is 4. The topological polar surface area (TPSA) is 138 Å². The molecule has 0 aromatic heterocycles. The van der Waals surface area contributed by atoms with E-state index in [9.17, 15) is 23.1 Å². The van der Waals surface area contributed by atoms with E-state index in [1.54, 1.807) is 35.9 Å². The molecule has 0 unspecified atom stereocenters. The number of rotatable bonds is 8. The number of hydrogen-bond acceptors (Lipinski definition) is 7. The van der Waals surface area contributed by atoms with Gasteiger partial charge in [0.05, 0.1) is 41.0 Å². The van der Waals surface area contributed by atoms with Crippen LogP contribution in [0, 0.1) is 5.92 Å². The summed E-state index contributed by atoms with van der Waals surface area (Å²) in [5, 5.41) is 15.7. The van der Waals surface area contributed by atoms with Crippen LogP contribution in [0.3, 0.4) is 0 Å². The predicted molar refractivity (Wildman–Crippen MR) is 205 cm³/mol. The second kappa shape index (κ2) is 17.4. The average Bonchev–Trinajstić information content (AvgIpc) is 3.12. The van der Waals surface area contributed by atoms with Gasteiger partial charge in [-0.1, -0.05) is 54.9 Å². The van der Waals surface area contributed by atoms with E-state index in [0.29, 0.717) is 29.5 Å². The number of carbonyl (C=O) groups excluding carboxylic acids is 2. The largest absolute Gasteiger partial charge is 0.490 e. The lowest BCUT2D eigenvalue weighted by atomic mass is 10.0. The number of hydrogen-bond donors (Lipinski definition) is 3. The van der Waals surface area contributed by atoms with Crippen LogP contribution in [0.5, 0.6) is 5.75 Å². The first-order valence-electron chi connectivity index (χ1n) is 17.5. The van der Waals surface area contributed by atoms with Gasteiger partial charge in [-0.15, -0.1) is 0 Å². The number of urea groups is 1. The van der Waals surface area contributed by atoms with Gasteiger partial charge in [-0.25, -0.2) is 13.2 Å².